The fraction of sp³-hybridized carbons (Fsp3) is 0.526. The van der Waals surface area contributed by atoms with Crippen LogP contribution in [-0.2, 0) is 12.8 Å². The number of fused-ring (bicyclic) bond motifs is 1. The van der Waals surface area contributed by atoms with Crippen LogP contribution < -0.4 is 10.2 Å². The summed E-state index contributed by atoms with van der Waals surface area (Å²) in [5, 5.41) is 4.63. The zero-order valence-corrected chi connectivity index (χ0v) is 16.3. The summed E-state index contributed by atoms with van der Waals surface area (Å²) < 4.78 is 4.40. The van der Waals surface area contributed by atoms with Crippen LogP contribution in [-0.4, -0.2) is 60.0 Å². The largest absolute Gasteiger partial charge is 0.356 e. The van der Waals surface area contributed by atoms with E-state index in [4.69, 9.17) is 0 Å². The molecule has 1 N–H and O–H groups in total. The Balaban J connectivity index is 1.29. The molecule has 1 unspecified atom stereocenters. The van der Waals surface area contributed by atoms with Crippen LogP contribution in [0.15, 0.2) is 29.3 Å². The van der Waals surface area contributed by atoms with E-state index in [1.165, 1.54) is 29.1 Å². The minimum absolute atomic E-state index is 0.609. The smallest absolute Gasteiger partial charge is 0.205 e. The lowest BCUT2D eigenvalue weighted by molar-refractivity contribution is 0.370. The summed E-state index contributed by atoms with van der Waals surface area (Å²) in [7, 11) is 1.88. The van der Waals surface area contributed by atoms with E-state index in [-0.39, 0.29) is 0 Å². The van der Waals surface area contributed by atoms with E-state index in [1.807, 2.05) is 7.05 Å². The third-order valence-corrected chi connectivity index (χ3v) is 6.12. The van der Waals surface area contributed by atoms with Gasteiger partial charge < -0.3 is 15.1 Å². The van der Waals surface area contributed by atoms with Crippen LogP contribution in [0.4, 0.5) is 5.13 Å². The standard InChI is InChI=1S/C19H26N6S/c1-3-17-22-19(26-23-17)25-10-8-24(9-11-25)18(20-2)21-13-15-12-14-6-4-5-7-16(14)15/h4-7,15H,3,8-13H2,1-2H3,(H,20,21). The fourth-order valence-corrected chi connectivity index (χ4v) is 4.52. The molecule has 1 fully saturated rings. The predicted octanol–water partition coefficient (Wildman–Crippen LogP) is 2.14. The molecule has 2 aromatic rings. The Hall–Kier alpha value is -2.15. The number of hydrogen-bond donors (Lipinski definition) is 1. The normalized spacial score (nSPS) is 19.9. The molecule has 6 nitrogen and oxygen atoms in total. The van der Waals surface area contributed by atoms with Gasteiger partial charge in [-0.3, -0.25) is 4.99 Å². The molecule has 1 saturated heterocycles. The van der Waals surface area contributed by atoms with Crippen molar-refractivity contribution >= 4 is 22.6 Å². The highest BCUT2D eigenvalue weighted by atomic mass is 32.1. The summed E-state index contributed by atoms with van der Waals surface area (Å²) in [6, 6.07) is 8.75. The number of nitrogens with one attached hydrogen (secondary N) is 1. The summed E-state index contributed by atoms with van der Waals surface area (Å²) >= 11 is 1.51. The van der Waals surface area contributed by atoms with Crippen molar-refractivity contribution in [1.29, 1.82) is 0 Å². The Morgan fingerprint density at radius 1 is 1.27 bits per heavy atom. The Kier molecular flexibility index (Phi) is 5.06. The Morgan fingerprint density at radius 2 is 2.08 bits per heavy atom. The van der Waals surface area contributed by atoms with Gasteiger partial charge in [-0.25, -0.2) is 4.98 Å². The zero-order chi connectivity index (χ0) is 17.9. The topological polar surface area (TPSA) is 56.7 Å². The Labute approximate surface area is 159 Å². The lowest BCUT2D eigenvalue weighted by Gasteiger charge is -2.37. The van der Waals surface area contributed by atoms with Crippen molar-refractivity contribution in [3.63, 3.8) is 0 Å². The number of piperazine rings is 1. The van der Waals surface area contributed by atoms with Gasteiger partial charge in [-0.05, 0) is 17.5 Å². The molecule has 0 saturated carbocycles. The lowest BCUT2D eigenvalue weighted by atomic mass is 9.78. The first-order valence-corrected chi connectivity index (χ1v) is 10.2. The molecule has 1 atom stereocenters. The van der Waals surface area contributed by atoms with Crippen molar-refractivity contribution in [2.45, 2.75) is 25.7 Å². The molecule has 1 aliphatic heterocycles. The Bertz CT molecular complexity index is 778. The minimum Gasteiger partial charge on any atom is -0.356 e. The van der Waals surface area contributed by atoms with E-state index in [1.54, 1.807) is 0 Å². The number of aromatic nitrogens is 2. The highest BCUT2D eigenvalue weighted by Crippen LogP contribution is 2.34. The molecular weight excluding hydrogens is 344 g/mol. The van der Waals surface area contributed by atoms with Crippen LogP contribution in [0.2, 0.25) is 0 Å². The number of aliphatic imine (C=N–C) groups is 1. The van der Waals surface area contributed by atoms with Crippen LogP contribution in [0.1, 0.15) is 29.8 Å². The number of guanidine groups is 1. The van der Waals surface area contributed by atoms with Gasteiger partial charge in [0.1, 0.15) is 5.82 Å². The third kappa shape index (κ3) is 3.40. The van der Waals surface area contributed by atoms with Crippen molar-refractivity contribution in [1.82, 2.24) is 19.6 Å². The Morgan fingerprint density at radius 3 is 2.77 bits per heavy atom. The molecular formula is C19H26N6S. The molecule has 0 spiro atoms. The maximum atomic E-state index is 4.61. The zero-order valence-electron chi connectivity index (χ0n) is 15.5. The van der Waals surface area contributed by atoms with Crippen LogP contribution in [0, 0.1) is 0 Å². The molecule has 2 aliphatic rings. The minimum atomic E-state index is 0.609. The van der Waals surface area contributed by atoms with E-state index in [2.05, 4.69) is 60.7 Å². The number of aryl methyl sites for hydroxylation is 1. The number of anilines is 1. The molecule has 0 bridgehead atoms. The van der Waals surface area contributed by atoms with Gasteiger partial charge in [-0.2, -0.15) is 4.37 Å². The van der Waals surface area contributed by atoms with Gasteiger partial charge in [-0.1, -0.05) is 31.2 Å². The molecule has 138 valence electrons. The highest BCUT2D eigenvalue weighted by Gasteiger charge is 2.27. The van der Waals surface area contributed by atoms with Crippen molar-refractivity contribution in [2.75, 3.05) is 44.7 Å². The summed E-state index contributed by atoms with van der Waals surface area (Å²) in [4.78, 5) is 13.8. The van der Waals surface area contributed by atoms with Gasteiger partial charge in [0.05, 0.1) is 0 Å². The molecule has 26 heavy (non-hydrogen) atoms. The predicted molar refractivity (Wildman–Crippen MR) is 107 cm³/mol. The second-order valence-corrected chi connectivity index (χ2v) is 7.58. The van der Waals surface area contributed by atoms with E-state index < -0.39 is 0 Å². The van der Waals surface area contributed by atoms with Gasteiger partial charge in [-0.15, -0.1) is 0 Å². The van der Waals surface area contributed by atoms with Crippen LogP contribution in [0.3, 0.4) is 0 Å². The van der Waals surface area contributed by atoms with Crippen molar-refractivity contribution in [2.24, 2.45) is 4.99 Å². The van der Waals surface area contributed by atoms with E-state index >= 15 is 0 Å². The van der Waals surface area contributed by atoms with Crippen LogP contribution in [0.25, 0.3) is 0 Å². The average Bonchev–Trinajstić information content (AvgIpc) is 3.15. The third-order valence-electron chi connectivity index (χ3n) is 5.30. The molecule has 0 amide bonds. The molecule has 1 aliphatic carbocycles. The van der Waals surface area contributed by atoms with Gasteiger partial charge in [0.2, 0.25) is 5.13 Å². The maximum absolute atomic E-state index is 4.61. The first-order chi connectivity index (χ1) is 12.8. The van der Waals surface area contributed by atoms with E-state index in [0.29, 0.717) is 5.92 Å². The van der Waals surface area contributed by atoms with Crippen molar-refractivity contribution < 1.29 is 0 Å². The van der Waals surface area contributed by atoms with E-state index in [0.717, 1.165) is 56.1 Å². The summed E-state index contributed by atoms with van der Waals surface area (Å²) in [5.74, 6) is 2.57. The molecule has 1 aromatic carbocycles. The van der Waals surface area contributed by atoms with Gasteiger partial charge >= 0.3 is 0 Å². The number of nitrogens with zero attached hydrogens (tertiary/aromatic N) is 5. The molecule has 0 radical (unpaired) electrons. The second kappa shape index (κ2) is 7.61. The van der Waals surface area contributed by atoms with Crippen LogP contribution in [0.5, 0.6) is 0 Å². The summed E-state index contributed by atoms with van der Waals surface area (Å²) in [6.45, 7) is 6.90. The summed E-state index contributed by atoms with van der Waals surface area (Å²) in [6.07, 6.45) is 2.07. The SMILES string of the molecule is CCc1nsc(N2CCN(C(=NC)NCC3Cc4ccccc43)CC2)n1. The van der Waals surface area contributed by atoms with Crippen LogP contribution >= 0.6 is 11.5 Å². The maximum Gasteiger partial charge on any atom is 0.205 e. The molecule has 2 heterocycles. The number of benzene rings is 1. The average molecular weight is 371 g/mol. The number of hydrogen-bond acceptors (Lipinski definition) is 5. The van der Waals surface area contributed by atoms with Gasteiger partial charge in [0.25, 0.3) is 0 Å². The van der Waals surface area contributed by atoms with Crippen molar-refractivity contribution in [3.05, 3.63) is 41.2 Å². The first kappa shape index (κ1) is 17.3. The van der Waals surface area contributed by atoms with Gasteiger partial charge in [0.15, 0.2) is 5.96 Å². The van der Waals surface area contributed by atoms with Gasteiger partial charge in [0, 0.05) is 63.6 Å². The number of rotatable bonds is 4. The molecule has 4 rings (SSSR count). The first-order valence-electron chi connectivity index (χ1n) is 9.39. The quantitative estimate of drug-likeness (QED) is 0.660. The highest BCUT2D eigenvalue weighted by molar-refractivity contribution is 7.09. The molecule has 1 aromatic heterocycles. The summed E-state index contributed by atoms with van der Waals surface area (Å²) in [5.41, 5.74) is 2.98. The lowest BCUT2D eigenvalue weighted by Crippen LogP contribution is -2.53. The fourth-order valence-electron chi connectivity index (χ4n) is 3.72. The monoisotopic (exact) mass is 370 g/mol. The molecule has 7 heteroatoms. The van der Waals surface area contributed by atoms with Crippen molar-refractivity contribution in [3.8, 4) is 0 Å². The van der Waals surface area contributed by atoms with E-state index in [9.17, 15) is 0 Å². The second-order valence-electron chi connectivity index (χ2n) is 6.85.